The molecule has 0 saturated carbocycles. The maximum atomic E-state index is 9.36. The number of aliphatic hydroxyl groups is 1. The second kappa shape index (κ2) is 5.69. The molecule has 0 spiro atoms. The third kappa shape index (κ3) is 2.98. The van der Waals surface area contributed by atoms with Crippen molar-refractivity contribution >= 4 is 21.6 Å². The maximum Gasteiger partial charge on any atom is 0.0702 e. The van der Waals surface area contributed by atoms with Crippen molar-refractivity contribution in [2.75, 3.05) is 11.9 Å². The van der Waals surface area contributed by atoms with Crippen molar-refractivity contribution in [3.05, 3.63) is 28.2 Å². The standard InChI is InChI=1S/C13H20BrNO/c1-9(2)10(3)15(4)13-6-5-12(14)7-11(13)8-16/h5-7,9-10,16H,8H2,1-4H3. The van der Waals surface area contributed by atoms with Gasteiger partial charge in [0.25, 0.3) is 0 Å². The molecule has 0 aliphatic heterocycles. The Hall–Kier alpha value is -0.540. The fraction of sp³-hybridized carbons (Fsp3) is 0.538. The Morgan fingerprint density at radius 3 is 2.44 bits per heavy atom. The molecule has 0 saturated heterocycles. The van der Waals surface area contributed by atoms with Gasteiger partial charge in [-0.15, -0.1) is 0 Å². The van der Waals surface area contributed by atoms with Gasteiger partial charge in [0.2, 0.25) is 0 Å². The van der Waals surface area contributed by atoms with Crippen molar-refractivity contribution in [1.82, 2.24) is 0 Å². The summed E-state index contributed by atoms with van der Waals surface area (Å²) in [5, 5.41) is 9.36. The van der Waals surface area contributed by atoms with Gasteiger partial charge in [-0.25, -0.2) is 0 Å². The van der Waals surface area contributed by atoms with Gasteiger partial charge in [0.1, 0.15) is 0 Å². The van der Waals surface area contributed by atoms with Crippen LogP contribution in [0.4, 0.5) is 5.69 Å². The highest BCUT2D eigenvalue weighted by Gasteiger charge is 2.16. The predicted octanol–water partition coefficient (Wildman–Crippen LogP) is 3.42. The summed E-state index contributed by atoms with van der Waals surface area (Å²) in [6, 6.07) is 6.48. The number of benzene rings is 1. The molecule has 0 radical (unpaired) electrons. The minimum Gasteiger partial charge on any atom is -0.392 e. The van der Waals surface area contributed by atoms with Gasteiger partial charge in [-0.1, -0.05) is 29.8 Å². The molecule has 0 aromatic heterocycles. The van der Waals surface area contributed by atoms with Crippen molar-refractivity contribution in [1.29, 1.82) is 0 Å². The molecule has 0 aliphatic carbocycles. The van der Waals surface area contributed by atoms with Gasteiger partial charge in [0.15, 0.2) is 0 Å². The summed E-state index contributed by atoms with van der Waals surface area (Å²) in [5.41, 5.74) is 2.07. The summed E-state index contributed by atoms with van der Waals surface area (Å²) in [6.07, 6.45) is 0. The number of rotatable bonds is 4. The molecule has 90 valence electrons. The van der Waals surface area contributed by atoms with Crippen LogP contribution in [0.1, 0.15) is 26.3 Å². The zero-order chi connectivity index (χ0) is 12.3. The van der Waals surface area contributed by atoms with Crippen LogP contribution >= 0.6 is 15.9 Å². The van der Waals surface area contributed by atoms with E-state index in [2.05, 4.69) is 54.7 Å². The average molecular weight is 286 g/mol. The minimum absolute atomic E-state index is 0.0733. The van der Waals surface area contributed by atoms with Crippen LogP contribution in [0.5, 0.6) is 0 Å². The zero-order valence-corrected chi connectivity index (χ0v) is 12.0. The molecule has 0 bridgehead atoms. The van der Waals surface area contributed by atoms with Gasteiger partial charge >= 0.3 is 0 Å². The van der Waals surface area contributed by atoms with Crippen molar-refractivity contribution in [2.45, 2.75) is 33.4 Å². The zero-order valence-electron chi connectivity index (χ0n) is 10.4. The summed E-state index contributed by atoms with van der Waals surface area (Å²) in [7, 11) is 2.08. The highest BCUT2D eigenvalue weighted by molar-refractivity contribution is 9.10. The number of hydrogen-bond donors (Lipinski definition) is 1. The van der Waals surface area contributed by atoms with E-state index in [0.717, 1.165) is 15.7 Å². The molecule has 3 heteroatoms. The molecule has 0 heterocycles. The van der Waals surface area contributed by atoms with E-state index in [9.17, 15) is 5.11 Å². The molecular formula is C13H20BrNO. The van der Waals surface area contributed by atoms with E-state index in [0.29, 0.717) is 12.0 Å². The van der Waals surface area contributed by atoms with Crippen LogP contribution in [-0.2, 0) is 6.61 Å². The normalized spacial score (nSPS) is 12.9. The van der Waals surface area contributed by atoms with Gasteiger partial charge in [0, 0.05) is 28.8 Å². The largest absolute Gasteiger partial charge is 0.392 e. The third-order valence-corrected chi connectivity index (χ3v) is 3.66. The first-order valence-electron chi connectivity index (χ1n) is 5.59. The summed E-state index contributed by atoms with van der Waals surface area (Å²) in [6.45, 7) is 6.69. The second-order valence-electron chi connectivity index (χ2n) is 4.53. The number of nitrogens with zero attached hydrogens (tertiary/aromatic N) is 1. The lowest BCUT2D eigenvalue weighted by Gasteiger charge is -2.31. The molecule has 0 aliphatic rings. The van der Waals surface area contributed by atoms with Crippen molar-refractivity contribution in [3.63, 3.8) is 0 Å². The summed E-state index contributed by atoms with van der Waals surface area (Å²) < 4.78 is 1.01. The quantitative estimate of drug-likeness (QED) is 0.916. The topological polar surface area (TPSA) is 23.5 Å². The number of hydrogen-bond acceptors (Lipinski definition) is 2. The van der Waals surface area contributed by atoms with Crippen molar-refractivity contribution < 1.29 is 5.11 Å². The number of anilines is 1. The first-order valence-corrected chi connectivity index (χ1v) is 6.38. The van der Waals surface area contributed by atoms with Gasteiger partial charge < -0.3 is 10.0 Å². The van der Waals surface area contributed by atoms with Crippen LogP contribution in [0, 0.1) is 5.92 Å². The lowest BCUT2D eigenvalue weighted by molar-refractivity contribution is 0.281. The highest BCUT2D eigenvalue weighted by atomic mass is 79.9. The van der Waals surface area contributed by atoms with Crippen LogP contribution in [0.3, 0.4) is 0 Å². The molecule has 0 amide bonds. The Balaban J connectivity index is 3.03. The first kappa shape index (κ1) is 13.5. The molecule has 1 aromatic rings. The fourth-order valence-electron chi connectivity index (χ4n) is 1.69. The monoisotopic (exact) mass is 285 g/mol. The molecule has 1 unspecified atom stereocenters. The minimum atomic E-state index is 0.0733. The van der Waals surface area contributed by atoms with Crippen LogP contribution in [0.15, 0.2) is 22.7 Å². The Morgan fingerprint density at radius 2 is 1.94 bits per heavy atom. The molecule has 0 fully saturated rings. The Kier molecular flexibility index (Phi) is 4.81. The molecule has 1 N–H and O–H groups in total. The summed E-state index contributed by atoms with van der Waals surface area (Å²) in [5.74, 6) is 0.584. The molecule has 1 rings (SSSR count). The van der Waals surface area contributed by atoms with Crippen LogP contribution in [-0.4, -0.2) is 18.2 Å². The number of halogens is 1. The molecule has 16 heavy (non-hydrogen) atoms. The highest BCUT2D eigenvalue weighted by Crippen LogP contribution is 2.26. The van der Waals surface area contributed by atoms with E-state index >= 15 is 0 Å². The molecule has 2 nitrogen and oxygen atoms in total. The van der Waals surface area contributed by atoms with Gasteiger partial charge in [0.05, 0.1) is 6.61 Å². The SMILES string of the molecule is CC(C)C(C)N(C)c1ccc(Br)cc1CO. The molecular weight excluding hydrogens is 266 g/mol. The number of aliphatic hydroxyl groups excluding tert-OH is 1. The van der Waals surface area contributed by atoms with E-state index in [-0.39, 0.29) is 6.61 Å². The third-order valence-electron chi connectivity index (χ3n) is 3.17. The first-order chi connectivity index (χ1) is 7.47. The van der Waals surface area contributed by atoms with Gasteiger partial charge in [-0.05, 0) is 31.0 Å². The van der Waals surface area contributed by atoms with E-state index in [4.69, 9.17) is 0 Å². The Morgan fingerprint density at radius 1 is 1.31 bits per heavy atom. The van der Waals surface area contributed by atoms with E-state index < -0.39 is 0 Å². The van der Waals surface area contributed by atoms with Crippen molar-refractivity contribution in [2.24, 2.45) is 5.92 Å². The summed E-state index contributed by atoms with van der Waals surface area (Å²) >= 11 is 3.42. The summed E-state index contributed by atoms with van der Waals surface area (Å²) in [4.78, 5) is 2.22. The Bertz CT molecular complexity index is 352. The van der Waals surface area contributed by atoms with Crippen LogP contribution < -0.4 is 4.90 Å². The van der Waals surface area contributed by atoms with E-state index in [1.807, 2.05) is 12.1 Å². The van der Waals surface area contributed by atoms with E-state index in [1.54, 1.807) is 0 Å². The second-order valence-corrected chi connectivity index (χ2v) is 5.44. The molecule has 1 aromatic carbocycles. The smallest absolute Gasteiger partial charge is 0.0702 e. The van der Waals surface area contributed by atoms with Crippen LogP contribution in [0.25, 0.3) is 0 Å². The predicted molar refractivity (Wildman–Crippen MR) is 72.8 cm³/mol. The fourth-order valence-corrected chi connectivity index (χ4v) is 2.10. The lowest BCUT2D eigenvalue weighted by atomic mass is 10.0. The van der Waals surface area contributed by atoms with Gasteiger partial charge in [-0.3, -0.25) is 0 Å². The van der Waals surface area contributed by atoms with E-state index in [1.165, 1.54) is 0 Å². The lowest BCUT2D eigenvalue weighted by Crippen LogP contribution is -2.33. The van der Waals surface area contributed by atoms with Gasteiger partial charge in [-0.2, -0.15) is 0 Å². The van der Waals surface area contributed by atoms with Crippen LogP contribution in [0.2, 0.25) is 0 Å². The van der Waals surface area contributed by atoms with Crippen molar-refractivity contribution in [3.8, 4) is 0 Å². The Labute approximate surface area is 106 Å². The average Bonchev–Trinajstić information content (AvgIpc) is 2.26. The molecule has 1 atom stereocenters. The maximum absolute atomic E-state index is 9.36.